The molecule has 0 unspecified atom stereocenters. The number of urea groups is 1. The SMILES string of the molecule is Cc1cccc(CNC(=O)NCc2cccc(CN)c2)c1. The summed E-state index contributed by atoms with van der Waals surface area (Å²) >= 11 is 0. The van der Waals surface area contributed by atoms with E-state index in [1.54, 1.807) is 0 Å². The Kier molecular flexibility index (Phi) is 5.35. The standard InChI is InChI=1S/C17H21N3O/c1-13-4-2-6-15(8-13)11-19-17(21)20-12-16-7-3-5-14(9-16)10-18/h2-9H,10-12,18H2,1H3,(H2,19,20,21). The van der Waals surface area contributed by atoms with Crippen molar-refractivity contribution in [3.05, 3.63) is 70.8 Å². The fourth-order valence-electron chi connectivity index (χ4n) is 2.12. The fraction of sp³-hybridized carbons (Fsp3) is 0.235. The molecule has 0 atom stereocenters. The van der Waals surface area contributed by atoms with Crippen LogP contribution in [0.15, 0.2) is 48.5 Å². The molecule has 2 aromatic carbocycles. The fourth-order valence-corrected chi connectivity index (χ4v) is 2.12. The molecule has 2 rings (SSSR count). The Hall–Kier alpha value is -2.33. The van der Waals surface area contributed by atoms with Gasteiger partial charge in [-0.25, -0.2) is 4.79 Å². The first kappa shape index (κ1) is 15.1. The van der Waals surface area contributed by atoms with Crippen LogP contribution in [0.2, 0.25) is 0 Å². The van der Waals surface area contributed by atoms with Crippen molar-refractivity contribution >= 4 is 6.03 Å². The first-order valence-corrected chi connectivity index (χ1v) is 7.02. The molecule has 0 radical (unpaired) electrons. The van der Waals surface area contributed by atoms with E-state index in [0.717, 1.165) is 16.7 Å². The monoisotopic (exact) mass is 283 g/mol. The van der Waals surface area contributed by atoms with Gasteiger partial charge in [-0.05, 0) is 23.6 Å². The summed E-state index contributed by atoms with van der Waals surface area (Å²) in [6, 6.07) is 15.8. The van der Waals surface area contributed by atoms with Gasteiger partial charge in [0.15, 0.2) is 0 Å². The quantitative estimate of drug-likeness (QED) is 0.789. The maximum atomic E-state index is 11.8. The van der Waals surface area contributed by atoms with Crippen LogP contribution in [0.5, 0.6) is 0 Å². The molecule has 0 saturated heterocycles. The van der Waals surface area contributed by atoms with Crippen molar-refractivity contribution in [2.24, 2.45) is 5.73 Å². The topological polar surface area (TPSA) is 67.2 Å². The number of carbonyl (C=O) groups excluding carboxylic acids is 1. The molecule has 0 aromatic heterocycles. The molecule has 4 N–H and O–H groups in total. The number of hydrogen-bond donors (Lipinski definition) is 3. The predicted molar refractivity (Wildman–Crippen MR) is 84.6 cm³/mol. The molecule has 0 aliphatic carbocycles. The Bertz CT molecular complexity index is 610. The first-order chi connectivity index (χ1) is 10.2. The molecule has 2 aromatic rings. The van der Waals surface area contributed by atoms with E-state index in [1.807, 2.05) is 49.4 Å². The van der Waals surface area contributed by atoms with E-state index >= 15 is 0 Å². The van der Waals surface area contributed by atoms with Gasteiger partial charge in [0.2, 0.25) is 0 Å². The molecule has 0 bridgehead atoms. The molecule has 0 aliphatic rings. The number of nitrogens with one attached hydrogen (secondary N) is 2. The van der Waals surface area contributed by atoms with Crippen molar-refractivity contribution in [3.63, 3.8) is 0 Å². The summed E-state index contributed by atoms with van der Waals surface area (Å²) in [5, 5.41) is 5.69. The average Bonchev–Trinajstić information content (AvgIpc) is 2.51. The van der Waals surface area contributed by atoms with Crippen molar-refractivity contribution in [2.75, 3.05) is 0 Å². The minimum absolute atomic E-state index is 0.172. The maximum absolute atomic E-state index is 11.8. The van der Waals surface area contributed by atoms with E-state index in [9.17, 15) is 4.79 Å². The third kappa shape index (κ3) is 4.93. The Morgan fingerprint density at radius 3 is 2.14 bits per heavy atom. The Morgan fingerprint density at radius 2 is 1.52 bits per heavy atom. The van der Waals surface area contributed by atoms with E-state index < -0.39 is 0 Å². The molecule has 21 heavy (non-hydrogen) atoms. The minimum atomic E-state index is -0.172. The highest BCUT2D eigenvalue weighted by Crippen LogP contribution is 2.05. The summed E-state index contributed by atoms with van der Waals surface area (Å²) in [5.74, 6) is 0. The third-order valence-electron chi connectivity index (χ3n) is 3.22. The van der Waals surface area contributed by atoms with Crippen LogP contribution in [0.25, 0.3) is 0 Å². The zero-order chi connectivity index (χ0) is 15.1. The van der Waals surface area contributed by atoms with E-state index in [0.29, 0.717) is 19.6 Å². The Balaban J connectivity index is 1.79. The van der Waals surface area contributed by atoms with E-state index in [2.05, 4.69) is 16.7 Å². The molecule has 110 valence electrons. The van der Waals surface area contributed by atoms with Gasteiger partial charge in [-0.1, -0.05) is 54.1 Å². The first-order valence-electron chi connectivity index (χ1n) is 7.02. The number of rotatable bonds is 5. The number of aryl methyl sites for hydroxylation is 1. The third-order valence-corrected chi connectivity index (χ3v) is 3.22. The number of hydrogen-bond acceptors (Lipinski definition) is 2. The molecule has 0 aliphatic heterocycles. The summed E-state index contributed by atoms with van der Waals surface area (Å²) in [6.45, 7) is 3.56. The van der Waals surface area contributed by atoms with Gasteiger partial charge in [0.05, 0.1) is 0 Å². The molecular weight excluding hydrogens is 262 g/mol. The Morgan fingerprint density at radius 1 is 0.952 bits per heavy atom. The van der Waals surface area contributed by atoms with Gasteiger partial charge >= 0.3 is 6.03 Å². The van der Waals surface area contributed by atoms with E-state index in [-0.39, 0.29) is 6.03 Å². The zero-order valence-electron chi connectivity index (χ0n) is 12.2. The smallest absolute Gasteiger partial charge is 0.315 e. The van der Waals surface area contributed by atoms with Crippen LogP contribution in [-0.4, -0.2) is 6.03 Å². The van der Waals surface area contributed by atoms with Crippen LogP contribution in [-0.2, 0) is 19.6 Å². The van der Waals surface area contributed by atoms with Gasteiger partial charge in [0, 0.05) is 19.6 Å². The van der Waals surface area contributed by atoms with E-state index in [4.69, 9.17) is 5.73 Å². The van der Waals surface area contributed by atoms with Crippen LogP contribution in [0.1, 0.15) is 22.3 Å². The molecule has 0 spiro atoms. The highest BCUT2D eigenvalue weighted by Gasteiger charge is 2.01. The second-order valence-electron chi connectivity index (χ2n) is 5.05. The second-order valence-corrected chi connectivity index (χ2v) is 5.05. The zero-order valence-corrected chi connectivity index (χ0v) is 12.2. The second kappa shape index (κ2) is 7.45. The van der Waals surface area contributed by atoms with Crippen molar-refractivity contribution < 1.29 is 4.79 Å². The molecule has 0 fully saturated rings. The molecular formula is C17H21N3O. The number of nitrogens with two attached hydrogens (primary N) is 1. The number of benzene rings is 2. The van der Waals surface area contributed by atoms with Crippen molar-refractivity contribution in [3.8, 4) is 0 Å². The molecule has 0 heterocycles. The predicted octanol–water partition coefficient (Wildman–Crippen LogP) is 2.45. The van der Waals surface area contributed by atoms with Gasteiger partial charge in [0.1, 0.15) is 0 Å². The minimum Gasteiger partial charge on any atom is -0.334 e. The largest absolute Gasteiger partial charge is 0.334 e. The van der Waals surface area contributed by atoms with Crippen LogP contribution in [0, 0.1) is 6.92 Å². The van der Waals surface area contributed by atoms with Crippen LogP contribution >= 0.6 is 0 Å². The summed E-state index contributed by atoms with van der Waals surface area (Å²) in [4.78, 5) is 11.8. The lowest BCUT2D eigenvalue weighted by Gasteiger charge is -2.09. The lowest BCUT2D eigenvalue weighted by molar-refractivity contribution is 0.240. The van der Waals surface area contributed by atoms with Gasteiger partial charge in [-0.3, -0.25) is 0 Å². The molecule has 4 heteroatoms. The lowest BCUT2D eigenvalue weighted by Crippen LogP contribution is -2.34. The van der Waals surface area contributed by atoms with Crippen LogP contribution in [0.3, 0.4) is 0 Å². The van der Waals surface area contributed by atoms with Crippen molar-refractivity contribution in [1.29, 1.82) is 0 Å². The number of amides is 2. The maximum Gasteiger partial charge on any atom is 0.315 e. The van der Waals surface area contributed by atoms with Crippen LogP contribution < -0.4 is 16.4 Å². The summed E-state index contributed by atoms with van der Waals surface area (Å²) < 4.78 is 0. The average molecular weight is 283 g/mol. The highest BCUT2D eigenvalue weighted by molar-refractivity contribution is 5.73. The summed E-state index contributed by atoms with van der Waals surface area (Å²) in [5.41, 5.74) is 9.99. The number of carbonyl (C=O) groups is 1. The van der Waals surface area contributed by atoms with Gasteiger partial charge < -0.3 is 16.4 Å². The van der Waals surface area contributed by atoms with Gasteiger partial charge in [0.25, 0.3) is 0 Å². The Labute approximate surface area is 125 Å². The van der Waals surface area contributed by atoms with Crippen molar-refractivity contribution in [1.82, 2.24) is 10.6 Å². The highest BCUT2D eigenvalue weighted by atomic mass is 16.2. The normalized spacial score (nSPS) is 10.2. The van der Waals surface area contributed by atoms with E-state index in [1.165, 1.54) is 5.56 Å². The summed E-state index contributed by atoms with van der Waals surface area (Å²) in [7, 11) is 0. The summed E-state index contributed by atoms with van der Waals surface area (Å²) in [6.07, 6.45) is 0. The van der Waals surface area contributed by atoms with Crippen LogP contribution in [0.4, 0.5) is 4.79 Å². The molecule has 0 saturated carbocycles. The molecule has 2 amide bonds. The van der Waals surface area contributed by atoms with Crippen molar-refractivity contribution in [2.45, 2.75) is 26.6 Å². The van der Waals surface area contributed by atoms with Gasteiger partial charge in [-0.15, -0.1) is 0 Å². The van der Waals surface area contributed by atoms with Gasteiger partial charge in [-0.2, -0.15) is 0 Å². The molecule has 4 nitrogen and oxygen atoms in total. The lowest BCUT2D eigenvalue weighted by atomic mass is 10.1.